The number of nitrogens with zero attached hydrogens (tertiary/aromatic N) is 7. The largest absolute Gasteiger partial charge is 0.444 e. The van der Waals surface area contributed by atoms with Gasteiger partial charge in [-0.05, 0) is 76.1 Å². The molecular weight excluding hydrogens is 502 g/mol. The van der Waals surface area contributed by atoms with E-state index in [0.29, 0.717) is 19.0 Å². The Kier molecular flexibility index (Phi) is 7.21. The fourth-order valence-electron chi connectivity index (χ4n) is 5.51. The molecule has 6 rings (SSSR count). The number of fused-ring (bicyclic) bond motifs is 1. The topological polar surface area (TPSA) is 80.8 Å². The lowest BCUT2D eigenvalue weighted by Gasteiger charge is -2.33. The van der Waals surface area contributed by atoms with Crippen molar-refractivity contribution in [3.8, 4) is 11.3 Å². The van der Waals surface area contributed by atoms with Gasteiger partial charge in [0.05, 0.1) is 25.0 Å². The maximum absolute atomic E-state index is 13.0. The van der Waals surface area contributed by atoms with E-state index in [1.54, 1.807) is 0 Å². The molecule has 0 unspecified atom stereocenters. The molecule has 1 amide bonds. The lowest BCUT2D eigenvalue weighted by molar-refractivity contribution is 0.0173. The van der Waals surface area contributed by atoms with Crippen molar-refractivity contribution in [2.75, 3.05) is 24.5 Å². The lowest BCUT2D eigenvalue weighted by atomic mass is 9.85. The van der Waals surface area contributed by atoms with Crippen molar-refractivity contribution < 1.29 is 9.53 Å². The van der Waals surface area contributed by atoms with E-state index in [1.165, 1.54) is 37.8 Å². The second kappa shape index (κ2) is 10.9. The van der Waals surface area contributed by atoms with Gasteiger partial charge in [-0.25, -0.2) is 14.5 Å². The predicted octanol–water partition coefficient (Wildman–Crippen LogP) is 5.78. The van der Waals surface area contributed by atoms with Crippen LogP contribution < -0.4 is 4.90 Å². The van der Waals surface area contributed by atoms with Gasteiger partial charge in [-0.15, -0.1) is 5.10 Å². The van der Waals surface area contributed by atoms with E-state index in [1.807, 2.05) is 59.3 Å². The number of ether oxygens (including phenoxy) is 1. The van der Waals surface area contributed by atoms with E-state index in [-0.39, 0.29) is 6.09 Å². The minimum Gasteiger partial charge on any atom is -0.444 e. The smallest absolute Gasteiger partial charge is 0.410 e. The summed E-state index contributed by atoms with van der Waals surface area (Å²) in [5.74, 6) is 0.561. The molecule has 2 fully saturated rings. The van der Waals surface area contributed by atoms with Crippen LogP contribution in [0.15, 0.2) is 55.0 Å². The van der Waals surface area contributed by atoms with Crippen molar-refractivity contribution in [2.45, 2.75) is 71.6 Å². The van der Waals surface area contributed by atoms with Crippen LogP contribution in [-0.4, -0.2) is 60.6 Å². The van der Waals surface area contributed by atoms with Gasteiger partial charge >= 0.3 is 6.09 Å². The van der Waals surface area contributed by atoms with Gasteiger partial charge in [0.15, 0.2) is 0 Å². The molecule has 1 saturated carbocycles. The summed E-state index contributed by atoms with van der Waals surface area (Å²) in [7, 11) is 0. The summed E-state index contributed by atoms with van der Waals surface area (Å²) in [5.41, 5.74) is 5.47. The number of carbonyl (C=O) groups is 1. The molecular formula is C31H39N7O2. The number of hydrogen-bond acceptors (Lipinski definition) is 6. The molecule has 40 heavy (non-hydrogen) atoms. The van der Waals surface area contributed by atoms with Crippen LogP contribution in [0.2, 0.25) is 0 Å². The average Bonchev–Trinajstić information content (AvgIpc) is 3.65. The molecule has 0 bridgehead atoms. The highest BCUT2D eigenvalue weighted by molar-refractivity contribution is 5.68. The van der Waals surface area contributed by atoms with Gasteiger partial charge in [-0.2, -0.15) is 0 Å². The molecule has 0 radical (unpaired) electrons. The van der Waals surface area contributed by atoms with Gasteiger partial charge in [0, 0.05) is 43.3 Å². The Morgan fingerprint density at radius 1 is 1.05 bits per heavy atom. The Hall–Kier alpha value is -3.88. The van der Waals surface area contributed by atoms with Crippen LogP contribution >= 0.6 is 0 Å². The quantitative estimate of drug-likeness (QED) is 0.281. The first-order chi connectivity index (χ1) is 19.3. The summed E-state index contributed by atoms with van der Waals surface area (Å²) in [6.45, 7) is 9.74. The summed E-state index contributed by atoms with van der Waals surface area (Å²) in [4.78, 5) is 22.0. The molecule has 1 saturated heterocycles. The van der Waals surface area contributed by atoms with E-state index >= 15 is 0 Å². The van der Waals surface area contributed by atoms with Crippen LogP contribution in [0.3, 0.4) is 0 Å². The highest BCUT2D eigenvalue weighted by Gasteiger charge is 2.27. The monoisotopic (exact) mass is 541 g/mol. The maximum atomic E-state index is 13.0. The molecule has 1 aliphatic carbocycles. The lowest BCUT2D eigenvalue weighted by Crippen LogP contribution is -2.40. The molecule has 0 N–H and O–H groups in total. The molecule has 0 atom stereocenters. The molecule has 210 valence electrons. The zero-order valence-electron chi connectivity index (χ0n) is 23.8. The van der Waals surface area contributed by atoms with Gasteiger partial charge in [0.1, 0.15) is 16.9 Å². The highest BCUT2D eigenvalue weighted by atomic mass is 16.6. The zero-order chi connectivity index (χ0) is 27.7. The van der Waals surface area contributed by atoms with Crippen LogP contribution in [0.25, 0.3) is 16.9 Å². The molecule has 9 nitrogen and oxygen atoms in total. The fourth-order valence-corrected chi connectivity index (χ4v) is 5.51. The minimum absolute atomic E-state index is 0.251. The number of aromatic nitrogens is 5. The zero-order valence-corrected chi connectivity index (χ0v) is 23.8. The molecule has 4 aromatic rings. The first-order valence-corrected chi connectivity index (χ1v) is 14.5. The number of imidazole rings is 1. The summed E-state index contributed by atoms with van der Waals surface area (Å²) >= 11 is 0. The Balaban J connectivity index is 1.15. The standard InChI is InChI=1S/C31H39N7O2/c1-31(2,3)40-30(39)37(17-23-8-6-9-23)19-24-12-13-29-32-26(20-36(29)18-24)21-38-22-28(33-34-38)25-10-7-11-27(16-25)35-14-4-5-15-35/h7,10-13,16,18,20,22-23H,4-6,8-9,14-15,17,19,21H2,1-3H3. The van der Waals surface area contributed by atoms with Crippen molar-refractivity contribution in [3.63, 3.8) is 0 Å². The second-order valence-electron chi connectivity index (χ2n) is 12.2. The summed E-state index contributed by atoms with van der Waals surface area (Å²) in [6, 6.07) is 12.6. The van der Waals surface area contributed by atoms with Gasteiger partial charge in [-0.1, -0.05) is 29.8 Å². The van der Waals surface area contributed by atoms with Crippen molar-refractivity contribution in [1.29, 1.82) is 0 Å². The number of amides is 1. The van der Waals surface area contributed by atoms with Gasteiger partial charge in [-0.3, -0.25) is 0 Å². The normalized spacial score (nSPS) is 15.9. The first kappa shape index (κ1) is 26.3. The molecule has 3 aromatic heterocycles. The number of anilines is 1. The third kappa shape index (κ3) is 6.13. The fraction of sp³-hybridized carbons (Fsp3) is 0.484. The van der Waals surface area contributed by atoms with Crippen molar-refractivity contribution in [2.24, 2.45) is 5.92 Å². The minimum atomic E-state index is -0.518. The molecule has 2 aliphatic rings. The number of pyridine rings is 1. The maximum Gasteiger partial charge on any atom is 0.410 e. The molecule has 9 heteroatoms. The second-order valence-corrected chi connectivity index (χ2v) is 12.2. The van der Waals surface area contributed by atoms with E-state index in [0.717, 1.165) is 47.8 Å². The summed E-state index contributed by atoms with van der Waals surface area (Å²) < 4.78 is 9.58. The molecule has 4 heterocycles. The van der Waals surface area contributed by atoms with Crippen LogP contribution in [0.4, 0.5) is 10.5 Å². The highest BCUT2D eigenvalue weighted by Crippen LogP contribution is 2.29. The van der Waals surface area contributed by atoms with E-state index in [9.17, 15) is 4.79 Å². The van der Waals surface area contributed by atoms with Crippen LogP contribution in [0.5, 0.6) is 0 Å². The van der Waals surface area contributed by atoms with Gasteiger partial charge < -0.3 is 18.9 Å². The van der Waals surface area contributed by atoms with Crippen molar-refractivity contribution in [3.05, 3.63) is 66.2 Å². The Morgan fingerprint density at radius 3 is 2.62 bits per heavy atom. The number of carbonyl (C=O) groups excluding carboxylic acids is 1. The Labute approximate surface area is 235 Å². The van der Waals surface area contributed by atoms with Crippen LogP contribution in [0.1, 0.15) is 64.1 Å². The molecule has 0 spiro atoms. The van der Waals surface area contributed by atoms with Crippen LogP contribution in [-0.2, 0) is 17.8 Å². The van der Waals surface area contributed by atoms with E-state index in [2.05, 4.69) is 45.7 Å². The summed E-state index contributed by atoms with van der Waals surface area (Å²) in [6.07, 6.45) is 11.9. The number of rotatable bonds is 8. The van der Waals surface area contributed by atoms with Gasteiger partial charge in [0.2, 0.25) is 0 Å². The third-order valence-electron chi connectivity index (χ3n) is 7.77. The first-order valence-electron chi connectivity index (χ1n) is 14.5. The Bertz CT molecular complexity index is 1470. The number of hydrogen-bond donors (Lipinski definition) is 0. The SMILES string of the molecule is CC(C)(C)OC(=O)N(Cc1ccc2nc(Cn3cc(-c4cccc(N5CCCC5)c4)nn3)cn2c1)CC1CCC1. The Morgan fingerprint density at radius 2 is 1.88 bits per heavy atom. The molecule has 1 aliphatic heterocycles. The number of benzene rings is 1. The van der Waals surface area contributed by atoms with Crippen molar-refractivity contribution >= 4 is 17.4 Å². The molecule has 1 aromatic carbocycles. The predicted molar refractivity (Wildman–Crippen MR) is 155 cm³/mol. The summed E-state index contributed by atoms with van der Waals surface area (Å²) in [5, 5.41) is 8.82. The average molecular weight is 542 g/mol. The van der Waals surface area contributed by atoms with E-state index < -0.39 is 5.60 Å². The third-order valence-corrected chi connectivity index (χ3v) is 7.77. The van der Waals surface area contributed by atoms with Crippen molar-refractivity contribution in [1.82, 2.24) is 29.3 Å². The van der Waals surface area contributed by atoms with E-state index in [4.69, 9.17) is 9.72 Å². The van der Waals surface area contributed by atoms with Gasteiger partial charge in [0.25, 0.3) is 0 Å². The van der Waals surface area contributed by atoms with Crippen LogP contribution in [0, 0.1) is 5.92 Å².